The van der Waals surface area contributed by atoms with Gasteiger partial charge in [0.1, 0.15) is 0 Å². The fourth-order valence-corrected chi connectivity index (χ4v) is 3.54. The minimum Gasteiger partial charge on any atom is -0.389 e. The van der Waals surface area contributed by atoms with E-state index in [0.29, 0.717) is 5.56 Å². The van der Waals surface area contributed by atoms with Gasteiger partial charge in [-0.1, -0.05) is 30.3 Å². The molecule has 1 saturated heterocycles. The lowest BCUT2D eigenvalue weighted by molar-refractivity contribution is -0.00501. The number of amides is 1. The number of benzene rings is 2. The quantitative estimate of drug-likeness (QED) is 0.874. The van der Waals surface area contributed by atoms with Crippen LogP contribution < -0.4 is 5.32 Å². The molecule has 0 aromatic heterocycles. The molecule has 2 aromatic carbocycles. The van der Waals surface area contributed by atoms with Crippen LogP contribution >= 0.6 is 0 Å². The van der Waals surface area contributed by atoms with Gasteiger partial charge < -0.3 is 10.4 Å². The number of carbonyl (C=O) groups excluding carboxylic acids is 1. The molecule has 0 saturated carbocycles. The molecule has 25 heavy (non-hydrogen) atoms. The predicted octanol–water partition coefficient (Wildman–Crippen LogP) is 3.67. The molecule has 1 heterocycles. The Balaban J connectivity index is 1.63. The summed E-state index contributed by atoms with van der Waals surface area (Å²) in [5.74, 6) is -0.103. The highest BCUT2D eigenvalue weighted by atomic mass is 16.3. The van der Waals surface area contributed by atoms with Crippen molar-refractivity contribution in [2.45, 2.75) is 44.9 Å². The molecule has 0 aliphatic carbocycles. The van der Waals surface area contributed by atoms with Crippen LogP contribution in [0.15, 0.2) is 54.6 Å². The number of aliphatic hydroxyl groups is 1. The highest BCUT2D eigenvalue weighted by Gasteiger charge is 2.35. The van der Waals surface area contributed by atoms with E-state index in [1.165, 1.54) is 0 Å². The van der Waals surface area contributed by atoms with E-state index in [-0.39, 0.29) is 11.9 Å². The maximum absolute atomic E-state index is 12.3. The molecule has 1 fully saturated rings. The first-order chi connectivity index (χ1) is 11.9. The largest absolute Gasteiger partial charge is 0.389 e. The van der Waals surface area contributed by atoms with Gasteiger partial charge in [-0.15, -0.1) is 0 Å². The summed E-state index contributed by atoms with van der Waals surface area (Å²) in [7, 11) is 0. The molecule has 1 aliphatic rings. The summed E-state index contributed by atoms with van der Waals surface area (Å²) in [6.07, 6.45) is 2.15. The Morgan fingerprint density at radius 1 is 1.16 bits per heavy atom. The average molecular weight is 338 g/mol. The third kappa shape index (κ3) is 4.47. The number of hydrogen-bond donors (Lipinski definition) is 2. The molecule has 4 nitrogen and oxygen atoms in total. The first kappa shape index (κ1) is 17.6. The smallest absolute Gasteiger partial charge is 0.255 e. The van der Waals surface area contributed by atoms with Gasteiger partial charge in [-0.2, -0.15) is 0 Å². The monoisotopic (exact) mass is 338 g/mol. The van der Waals surface area contributed by atoms with Crippen LogP contribution in [-0.2, 0) is 6.54 Å². The fourth-order valence-electron chi connectivity index (χ4n) is 3.54. The molecule has 4 heteroatoms. The predicted molar refractivity (Wildman–Crippen MR) is 101 cm³/mol. The summed E-state index contributed by atoms with van der Waals surface area (Å²) < 4.78 is 0. The van der Waals surface area contributed by atoms with Gasteiger partial charge >= 0.3 is 0 Å². The fraction of sp³-hybridized carbons (Fsp3) is 0.381. The van der Waals surface area contributed by atoms with Crippen molar-refractivity contribution in [2.24, 2.45) is 0 Å². The molecule has 1 amide bonds. The van der Waals surface area contributed by atoms with Gasteiger partial charge in [-0.05, 0) is 63.1 Å². The molecule has 0 radical (unpaired) electrons. The Hall–Kier alpha value is -2.17. The zero-order valence-electron chi connectivity index (χ0n) is 14.9. The SMILES string of the molecule is CC(C)(O)C1CCCN1Cc1ccc(C(=O)Nc2ccccc2)cc1. The van der Waals surface area contributed by atoms with E-state index in [1.54, 1.807) is 0 Å². The Kier molecular flexibility index (Phi) is 5.21. The van der Waals surface area contributed by atoms with Gasteiger partial charge in [-0.3, -0.25) is 9.69 Å². The molecule has 0 bridgehead atoms. The highest BCUT2D eigenvalue weighted by molar-refractivity contribution is 6.04. The second-order valence-corrected chi connectivity index (χ2v) is 7.30. The number of likely N-dealkylation sites (tertiary alicyclic amines) is 1. The van der Waals surface area contributed by atoms with Gasteiger partial charge in [0.2, 0.25) is 0 Å². The third-order valence-electron chi connectivity index (χ3n) is 4.81. The molecule has 2 aromatic rings. The Labute approximate surface area is 149 Å². The number of anilines is 1. The maximum Gasteiger partial charge on any atom is 0.255 e. The third-order valence-corrected chi connectivity index (χ3v) is 4.81. The number of carbonyl (C=O) groups is 1. The lowest BCUT2D eigenvalue weighted by atomic mass is 9.96. The van der Waals surface area contributed by atoms with Crippen LogP contribution in [0.4, 0.5) is 5.69 Å². The van der Waals surface area contributed by atoms with Crippen LogP contribution in [0.3, 0.4) is 0 Å². The van der Waals surface area contributed by atoms with Crippen molar-refractivity contribution < 1.29 is 9.90 Å². The molecule has 2 N–H and O–H groups in total. The first-order valence-electron chi connectivity index (χ1n) is 8.85. The van der Waals surface area contributed by atoms with Crippen molar-refractivity contribution in [3.05, 3.63) is 65.7 Å². The molecule has 0 spiro atoms. The van der Waals surface area contributed by atoms with Crippen molar-refractivity contribution in [1.82, 2.24) is 4.90 Å². The second-order valence-electron chi connectivity index (χ2n) is 7.30. The molecule has 3 rings (SSSR count). The lowest BCUT2D eigenvalue weighted by Crippen LogP contribution is -2.45. The van der Waals surface area contributed by atoms with Gasteiger partial charge in [0, 0.05) is 23.8 Å². The summed E-state index contributed by atoms with van der Waals surface area (Å²) in [6.45, 7) is 5.57. The summed E-state index contributed by atoms with van der Waals surface area (Å²) in [5, 5.41) is 13.2. The Bertz CT molecular complexity index is 705. The van der Waals surface area contributed by atoms with Gasteiger partial charge in [0.25, 0.3) is 5.91 Å². The van der Waals surface area contributed by atoms with Crippen LogP contribution in [0.1, 0.15) is 42.6 Å². The molecular formula is C21H26N2O2. The number of rotatable bonds is 5. The van der Waals surface area contributed by atoms with Crippen molar-refractivity contribution >= 4 is 11.6 Å². The topological polar surface area (TPSA) is 52.6 Å². The normalized spacial score (nSPS) is 18.3. The van der Waals surface area contributed by atoms with E-state index in [4.69, 9.17) is 0 Å². The van der Waals surface area contributed by atoms with Crippen LogP contribution in [0, 0.1) is 0 Å². The zero-order valence-corrected chi connectivity index (χ0v) is 14.9. The highest BCUT2D eigenvalue weighted by Crippen LogP contribution is 2.28. The average Bonchev–Trinajstić information content (AvgIpc) is 3.05. The minimum absolute atomic E-state index is 0.103. The number of para-hydroxylation sites is 1. The van der Waals surface area contributed by atoms with E-state index in [1.807, 2.05) is 68.4 Å². The molecule has 1 aliphatic heterocycles. The Morgan fingerprint density at radius 2 is 1.84 bits per heavy atom. The molecule has 1 unspecified atom stereocenters. The van der Waals surface area contributed by atoms with Crippen LogP contribution in [0.2, 0.25) is 0 Å². The summed E-state index contributed by atoms with van der Waals surface area (Å²) in [6, 6.07) is 17.4. The van der Waals surface area contributed by atoms with Crippen molar-refractivity contribution in [2.75, 3.05) is 11.9 Å². The van der Waals surface area contributed by atoms with Gasteiger partial charge in [0.15, 0.2) is 0 Å². The van der Waals surface area contributed by atoms with E-state index in [2.05, 4.69) is 10.2 Å². The summed E-state index contributed by atoms with van der Waals surface area (Å²) in [5.41, 5.74) is 1.91. The zero-order chi connectivity index (χ0) is 17.9. The van der Waals surface area contributed by atoms with E-state index in [0.717, 1.165) is 37.2 Å². The summed E-state index contributed by atoms with van der Waals surface area (Å²) >= 11 is 0. The van der Waals surface area contributed by atoms with Crippen LogP contribution in [0.25, 0.3) is 0 Å². The van der Waals surface area contributed by atoms with E-state index >= 15 is 0 Å². The lowest BCUT2D eigenvalue weighted by Gasteiger charge is -2.33. The van der Waals surface area contributed by atoms with Gasteiger partial charge in [-0.25, -0.2) is 0 Å². The number of nitrogens with zero attached hydrogens (tertiary/aromatic N) is 1. The van der Waals surface area contributed by atoms with E-state index in [9.17, 15) is 9.90 Å². The van der Waals surface area contributed by atoms with Crippen LogP contribution in [-0.4, -0.2) is 34.1 Å². The second kappa shape index (κ2) is 7.38. The molecule has 132 valence electrons. The van der Waals surface area contributed by atoms with Crippen molar-refractivity contribution in [3.8, 4) is 0 Å². The molecule has 1 atom stereocenters. The first-order valence-corrected chi connectivity index (χ1v) is 8.85. The maximum atomic E-state index is 12.3. The standard InChI is InChI=1S/C21H26N2O2/c1-21(2,25)19-9-6-14-23(19)15-16-10-12-17(13-11-16)20(24)22-18-7-4-3-5-8-18/h3-5,7-8,10-13,19,25H,6,9,14-15H2,1-2H3,(H,22,24). The Morgan fingerprint density at radius 3 is 2.48 bits per heavy atom. The van der Waals surface area contributed by atoms with Gasteiger partial charge in [0.05, 0.1) is 5.60 Å². The molecular weight excluding hydrogens is 312 g/mol. The van der Waals surface area contributed by atoms with Crippen LogP contribution in [0.5, 0.6) is 0 Å². The number of nitrogens with one attached hydrogen (secondary N) is 1. The van der Waals surface area contributed by atoms with Crippen molar-refractivity contribution in [3.63, 3.8) is 0 Å². The minimum atomic E-state index is -0.688. The van der Waals surface area contributed by atoms with Crippen molar-refractivity contribution in [1.29, 1.82) is 0 Å². The number of hydrogen-bond acceptors (Lipinski definition) is 3. The van der Waals surface area contributed by atoms with E-state index < -0.39 is 5.60 Å². The summed E-state index contributed by atoms with van der Waals surface area (Å²) in [4.78, 5) is 14.6.